The summed E-state index contributed by atoms with van der Waals surface area (Å²) in [4.78, 5) is 3.99. The fraction of sp³-hybridized carbons (Fsp3) is 0.455. The summed E-state index contributed by atoms with van der Waals surface area (Å²) in [6.07, 6.45) is -0.994. The monoisotopic (exact) mass is 272 g/mol. The van der Waals surface area contributed by atoms with Crippen molar-refractivity contribution in [2.45, 2.75) is 18.7 Å². The standard InChI is InChI=1S/C11H11F3N4O/c12-11(13,14)9-5-8-10(16-3-4-18(8)17-9)19-7-1-2-15-6-7/h3-5,7,15H,1-2,6H2. The summed E-state index contributed by atoms with van der Waals surface area (Å²) in [7, 11) is 0. The van der Waals surface area contributed by atoms with Crippen LogP contribution in [0.5, 0.6) is 5.88 Å². The number of nitrogens with zero attached hydrogens (tertiary/aromatic N) is 3. The van der Waals surface area contributed by atoms with Gasteiger partial charge in [0.05, 0.1) is 0 Å². The highest BCUT2D eigenvalue weighted by Gasteiger charge is 2.34. The minimum Gasteiger partial charge on any atom is -0.471 e. The summed E-state index contributed by atoms with van der Waals surface area (Å²) in [5.41, 5.74) is -0.725. The largest absolute Gasteiger partial charge is 0.471 e. The van der Waals surface area contributed by atoms with Gasteiger partial charge in [-0.3, -0.25) is 0 Å². The van der Waals surface area contributed by atoms with Crippen molar-refractivity contribution in [3.05, 3.63) is 24.2 Å². The van der Waals surface area contributed by atoms with Crippen LogP contribution < -0.4 is 10.1 Å². The number of ether oxygens (including phenoxy) is 1. The maximum absolute atomic E-state index is 12.6. The Hall–Kier alpha value is -1.83. The molecule has 19 heavy (non-hydrogen) atoms. The second-order valence-electron chi connectivity index (χ2n) is 4.32. The third-order valence-corrected chi connectivity index (χ3v) is 2.94. The molecule has 1 aliphatic rings. The van der Waals surface area contributed by atoms with Crippen molar-refractivity contribution in [3.63, 3.8) is 0 Å². The molecule has 1 N–H and O–H groups in total. The van der Waals surface area contributed by atoms with Crippen molar-refractivity contribution >= 4 is 5.52 Å². The van der Waals surface area contributed by atoms with Crippen molar-refractivity contribution < 1.29 is 17.9 Å². The fourth-order valence-corrected chi connectivity index (χ4v) is 2.01. The number of hydrogen-bond acceptors (Lipinski definition) is 4. The summed E-state index contributed by atoms with van der Waals surface area (Å²) in [6, 6.07) is 0.949. The highest BCUT2D eigenvalue weighted by atomic mass is 19.4. The second kappa shape index (κ2) is 4.37. The lowest BCUT2D eigenvalue weighted by Crippen LogP contribution is -2.20. The van der Waals surface area contributed by atoms with Crippen LogP contribution in [0.4, 0.5) is 13.2 Å². The Bertz CT molecular complexity index is 589. The molecule has 1 fully saturated rings. The zero-order valence-electron chi connectivity index (χ0n) is 9.81. The van der Waals surface area contributed by atoms with Crippen LogP contribution in [0.25, 0.3) is 5.52 Å². The van der Waals surface area contributed by atoms with Crippen LogP contribution in [0.2, 0.25) is 0 Å². The summed E-state index contributed by atoms with van der Waals surface area (Å²) in [6.45, 7) is 1.50. The SMILES string of the molecule is FC(F)(F)c1cc2c(OC3CCNC3)nccn2n1. The van der Waals surface area contributed by atoms with E-state index in [1.54, 1.807) is 0 Å². The Morgan fingerprint density at radius 3 is 2.95 bits per heavy atom. The zero-order valence-corrected chi connectivity index (χ0v) is 9.81. The first-order valence-electron chi connectivity index (χ1n) is 5.83. The minimum atomic E-state index is -4.47. The Morgan fingerprint density at radius 2 is 2.26 bits per heavy atom. The number of rotatable bonds is 2. The van der Waals surface area contributed by atoms with Crippen LogP contribution in [0, 0.1) is 0 Å². The Kier molecular flexibility index (Phi) is 2.81. The van der Waals surface area contributed by atoms with Gasteiger partial charge < -0.3 is 10.1 Å². The Morgan fingerprint density at radius 1 is 1.42 bits per heavy atom. The summed E-state index contributed by atoms with van der Waals surface area (Å²) in [5.74, 6) is 0.180. The van der Waals surface area contributed by atoms with Crippen LogP contribution in [-0.2, 0) is 6.18 Å². The van der Waals surface area contributed by atoms with Gasteiger partial charge in [-0.05, 0) is 13.0 Å². The normalized spacial score (nSPS) is 20.1. The molecule has 0 aromatic carbocycles. The van der Waals surface area contributed by atoms with Crippen molar-refractivity contribution in [2.24, 2.45) is 0 Å². The summed E-state index contributed by atoms with van der Waals surface area (Å²) >= 11 is 0. The van der Waals surface area contributed by atoms with Crippen LogP contribution >= 0.6 is 0 Å². The molecule has 3 heterocycles. The first kappa shape index (κ1) is 12.2. The molecule has 3 rings (SSSR count). The minimum absolute atomic E-state index is 0.0667. The molecule has 5 nitrogen and oxygen atoms in total. The molecule has 8 heteroatoms. The molecule has 0 spiro atoms. The Labute approximate surface area is 106 Å². The smallest absolute Gasteiger partial charge is 0.435 e. The average molecular weight is 272 g/mol. The van der Waals surface area contributed by atoms with E-state index in [1.807, 2.05) is 0 Å². The van der Waals surface area contributed by atoms with Gasteiger partial charge in [0.15, 0.2) is 5.69 Å². The van der Waals surface area contributed by atoms with Crippen molar-refractivity contribution in [3.8, 4) is 5.88 Å². The maximum atomic E-state index is 12.6. The molecule has 1 saturated heterocycles. The number of aromatic nitrogens is 3. The second-order valence-corrected chi connectivity index (χ2v) is 4.32. The lowest BCUT2D eigenvalue weighted by molar-refractivity contribution is -0.141. The van der Waals surface area contributed by atoms with Crippen molar-refractivity contribution in [1.82, 2.24) is 19.9 Å². The van der Waals surface area contributed by atoms with E-state index in [4.69, 9.17) is 4.74 Å². The van der Waals surface area contributed by atoms with Gasteiger partial charge >= 0.3 is 6.18 Å². The van der Waals surface area contributed by atoms with Crippen LogP contribution in [0.15, 0.2) is 18.5 Å². The number of alkyl halides is 3. The molecule has 0 aliphatic carbocycles. The quantitative estimate of drug-likeness (QED) is 0.900. The third kappa shape index (κ3) is 2.35. The number of halogens is 3. The molecule has 1 atom stereocenters. The van der Waals surface area contributed by atoms with Gasteiger partial charge in [-0.15, -0.1) is 0 Å². The van der Waals surface area contributed by atoms with Gasteiger partial charge in [-0.1, -0.05) is 0 Å². The zero-order chi connectivity index (χ0) is 13.5. The number of nitrogens with one attached hydrogen (secondary N) is 1. The van der Waals surface area contributed by atoms with E-state index in [-0.39, 0.29) is 17.5 Å². The van der Waals surface area contributed by atoms with E-state index in [9.17, 15) is 13.2 Å². The molecular weight excluding hydrogens is 261 g/mol. The molecule has 1 unspecified atom stereocenters. The first-order chi connectivity index (χ1) is 9.04. The van der Waals surface area contributed by atoms with Crippen molar-refractivity contribution in [2.75, 3.05) is 13.1 Å². The van der Waals surface area contributed by atoms with Crippen LogP contribution in [-0.4, -0.2) is 33.8 Å². The highest BCUT2D eigenvalue weighted by Crippen LogP contribution is 2.30. The molecule has 0 radical (unpaired) electrons. The summed E-state index contributed by atoms with van der Waals surface area (Å²) < 4.78 is 44.6. The first-order valence-corrected chi connectivity index (χ1v) is 5.83. The van der Waals surface area contributed by atoms with Gasteiger partial charge in [-0.25, -0.2) is 9.50 Å². The van der Waals surface area contributed by atoms with Crippen LogP contribution in [0.3, 0.4) is 0 Å². The topological polar surface area (TPSA) is 51.5 Å². The summed E-state index contributed by atoms with van der Waals surface area (Å²) in [5, 5.41) is 6.59. The number of hydrogen-bond donors (Lipinski definition) is 1. The highest BCUT2D eigenvalue weighted by molar-refractivity contribution is 5.57. The van der Waals surface area contributed by atoms with Crippen LogP contribution in [0.1, 0.15) is 12.1 Å². The molecule has 2 aromatic heterocycles. The van der Waals surface area contributed by atoms with E-state index in [2.05, 4.69) is 15.4 Å². The Balaban J connectivity index is 1.97. The molecule has 0 saturated carbocycles. The van der Waals surface area contributed by atoms with Gasteiger partial charge in [0.25, 0.3) is 0 Å². The van der Waals surface area contributed by atoms with Gasteiger partial charge in [-0.2, -0.15) is 18.3 Å². The average Bonchev–Trinajstić information content (AvgIpc) is 2.96. The fourth-order valence-electron chi connectivity index (χ4n) is 2.01. The van der Waals surface area contributed by atoms with E-state index >= 15 is 0 Å². The lowest BCUT2D eigenvalue weighted by Gasteiger charge is -2.11. The number of fused-ring (bicyclic) bond motifs is 1. The molecule has 102 valence electrons. The van der Waals surface area contributed by atoms with Crippen molar-refractivity contribution in [1.29, 1.82) is 0 Å². The lowest BCUT2D eigenvalue weighted by atomic mass is 10.3. The van der Waals surface area contributed by atoms with E-state index in [0.717, 1.165) is 23.5 Å². The maximum Gasteiger partial charge on any atom is 0.435 e. The molecular formula is C11H11F3N4O. The molecule has 0 bridgehead atoms. The van der Waals surface area contributed by atoms with Gasteiger partial charge in [0.1, 0.15) is 11.6 Å². The van der Waals surface area contributed by atoms with Gasteiger partial charge in [0.2, 0.25) is 5.88 Å². The predicted octanol–water partition coefficient (Wildman–Crippen LogP) is 1.49. The molecule has 0 amide bonds. The third-order valence-electron chi connectivity index (χ3n) is 2.94. The van der Waals surface area contributed by atoms with Gasteiger partial charge in [0, 0.05) is 25.0 Å². The molecule has 1 aliphatic heterocycles. The van der Waals surface area contributed by atoms with E-state index < -0.39 is 11.9 Å². The predicted molar refractivity (Wildman–Crippen MR) is 59.9 cm³/mol. The van der Waals surface area contributed by atoms with E-state index in [0.29, 0.717) is 6.54 Å². The molecule has 2 aromatic rings. The van der Waals surface area contributed by atoms with E-state index in [1.165, 1.54) is 12.4 Å².